The van der Waals surface area contributed by atoms with E-state index >= 15 is 0 Å². The molecule has 0 aromatic heterocycles. The van der Waals surface area contributed by atoms with E-state index < -0.39 is 11.6 Å². The molecule has 0 spiro atoms. The minimum Gasteiger partial charge on any atom is -0.352 e. The molecule has 1 N–H and O–H groups in total. The minimum atomic E-state index is -1.67. The summed E-state index contributed by atoms with van der Waals surface area (Å²) in [5.41, 5.74) is 0. The summed E-state index contributed by atoms with van der Waals surface area (Å²) in [5.74, 6) is -2.08. The molecule has 0 saturated carbocycles. The molecule has 0 aliphatic carbocycles. The van der Waals surface area contributed by atoms with Crippen LogP contribution in [0.15, 0.2) is 5.16 Å². The van der Waals surface area contributed by atoms with Gasteiger partial charge in [-0.2, -0.15) is 0 Å². The van der Waals surface area contributed by atoms with Gasteiger partial charge in [-0.25, -0.2) is 0 Å². The number of carbonyl (C=O) groups is 1. The maximum absolute atomic E-state index is 10.5. The molecule has 50 valence electrons. The fourth-order valence-corrected chi connectivity index (χ4v) is 0.531. The summed E-state index contributed by atoms with van der Waals surface area (Å²) in [6.45, 7) is 1.26. The van der Waals surface area contributed by atoms with Gasteiger partial charge >= 0.3 is 0 Å². The molecule has 0 bridgehead atoms. The van der Waals surface area contributed by atoms with Crippen molar-refractivity contribution in [2.45, 2.75) is 19.1 Å². The Kier molecular flexibility index (Phi) is 1.25. The number of rotatable bonds is 1. The number of hydrogen-bond donors (Lipinski definition) is 1. The molecule has 1 unspecified atom stereocenters. The first-order valence-corrected chi connectivity index (χ1v) is 2.58. The van der Waals surface area contributed by atoms with Gasteiger partial charge < -0.3 is 9.94 Å². The van der Waals surface area contributed by atoms with Crippen molar-refractivity contribution in [2.24, 2.45) is 5.16 Å². The van der Waals surface area contributed by atoms with Crippen molar-refractivity contribution < 1.29 is 14.7 Å². The van der Waals surface area contributed by atoms with E-state index in [-0.39, 0.29) is 6.42 Å². The SMILES string of the molecule is CC(=O)C1(O)CC=NO1. The highest BCUT2D eigenvalue weighted by atomic mass is 16.7. The monoisotopic (exact) mass is 129 g/mol. The number of Topliss-reactive ketones (excluding diaryl/α,β-unsaturated/α-hetero) is 1. The zero-order valence-corrected chi connectivity index (χ0v) is 5.00. The van der Waals surface area contributed by atoms with Crippen LogP contribution < -0.4 is 0 Å². The fraction of sp³-hybridized carbons (Fsp3) is 0.600. The first-order chi connectivity index (χ1) is 4.15. The van der Waals surface area contributed by atoms with Crippen molar-refractivity contribution >= 4 is 12.0 Å². The maximum Gasteiger partial charge on any atom is 0.298 e. The number of carbonyl (C=O) groups excluding carboxylic acids is 1. The largest absolute Gasteiger partial charge is 0.352 e. The van der Waals surface area contributed by atoms with E-state index in [4.69, 9.17) is 5.11 Å². The topological polar surface area (TPSA) is 58.9 Å². The standard InChI is InChI=1S/C5H7NO3/c1-4(7)5(8)2-3-6-9-5/h3,8H,2H2,1H3. The van der Waals surface area contributed by atoms with E-state index in [2.05, 4.69) is 9.99 Å². The highest BCUT2D eigenvalue weighted by Crippen LogP contribution is 2.17. The Balaban J connectivity index is 2.66. The lowest BCUT2D eigenvalue weighted by molar-refractivity contribution is -0.192. The Morgan fingerprint density at radius 1 is 2.00 bits per heavy atom. The van der Waals surface area contributed by atoms with Crippen molar-refractivity contribution in [1.29, 1.82) is 0 Å². The van der Waals surface area contributed by atoms with Crippen LogP contribution in [-0.4, -0.2) is 22.9 Å². The van der Waals surface area contributed by atoms with E-state index in [1.54, 1.807) is 0 Å². The van der Waals surface area contributed by atoms with Gasteiger partial charge in [0.1, 0.15) is 0 Å². The highest BCUT2D eigenvalue weighted by Gasteiger charge is 2.37. The summed E-state index contributed by atoms with van der Waals surface area (Å²) in [4.78, 5) is 14.9. The third-order valence-electron chi connectivity index (χ3n) is 1.20. The first-order valence-electron chi connectivity index (χ1n) is 2.58. The molecule has 4 heteroatoms. The maximum atomic E-state index is 10.5. The van der Waals surface area contributed by atoms with E-state index in [1.807, 2.05) is 0 Å². The van der Waals surface area contributed by atoms with E-state index in [0.717, 1.165) is 0 Å². The summed E-state index contributed by atoms with van der Waals surface area (Å²) in [5, 5.41) is 12.3. The van der Waals surface area contributed by atoms with Gasteiger partial charge in [0.05, 0.1) is 12.6 Å². The van der Waals surface area contributed by atoms with Crippen LogP contribution in [0.2, 0.25) is 0 Å². The van der Waals surface area contributed by atoms with Crippen LogP contribution in [0.5, 0.6) is 0 Å². The molecule has 0 fully saturated rings. The summed E-state index contributed by atoms with van der Waals surface area (Å²) in [7, 11) is 0. The third-order valence-corrected chi connectivity index (χ3v) is 1.20. The first kappa shape index (κ1) is 6.22. The van der Waals surface area contributed by atoms with Crippen molar-refractivity contribution in [3.05, 3.63) is 0 Å². The van der Waals surface area contributed by atoms with Crippen LogP contribution in [0.25, 0.3) is 0 Å². The molecule has 0 aromatic carbocycles. The van der Waals surface area contributed by atoms with Crippen LogP contribution in [0.3, 0.4) is 0 Å². The predicted molar refractivity (Wildman–Crippen MR) is 29.8 cm³/mol. The Morgan fingerprint density at radius 3 is 2.89 bits per heavy atom. The molecule has 1 atom stereocenters. The van der Waals surface area contributed by atoms with Crippen molar-refractivity contribution in [3.8, 4) is 0 Å². The number of hydrogen-bond acceptors (Lipinski definition) is 4. The molecular formula is C5H7NO3. The van der Waals surface area contributed by atoms with Gasteiger partial charge in [-0.3, -0.25) is 4.79 Å². The second-order valence-electron chi connectivity index (χ2n) is 1.92. The zero-order chi connectivity index (χ0) is 6.91. The number of oxime groups is 1. The minimum absolute atomic E-state index is 0.155. The lowest BCUT2D eigenvalue weighted by atomic mass is 10.1. The molecule has 9 heavy (non-hydrogen) atoms. The van der Waals surface area contributed by atoms with E-state index in [9.17, 15) is 4.79 Å². The molecule has 1 heterocycles. The number of ketones is 1. The summed E-state index contributed by atoms with van der Waals surface area (Å²) >= 11 is 0. The molecule has 0 aromatic rings. The molecule has 4 nitrogen and oxygen atoms in total. The molecule has 1 rings (SSSR count). The molecule has 0 amide bonds. The summed E-state index contributed by atoms with van der Waals surface area (Å²) in [6.07, 6.45) is 1.52. The Labute approximate surface area is 52.1 Å². The molecular weight excluding hydrogens is 122 g/mol. The van der Waals surface area contributed by atoms with Crippen molar-refractivity contribution in [1.82, 2.24) is 0 Å². The molecule has 0 radical (unpaired) electrons. The Hall–Kier alpha value is -0.900. The molecule has 1 aliphatic rings. The number of nitrogens with zero attached hydrogens (tertiary/aromatic N) is 1. The lowest BCUT2D eigenvalue weighted by Gasteiger charge is -2.14. The second kappa shape index (κ2) is 1.80. The number of aliphatic hydroxyl groups is 1. The van der Waals surface area contributed by atoms with Crippen LogP contribution in [0, 0.1) is 0 Å². The second-order valence-corrected chi connectivity index (χ2v) is 1.92. The fourth-order valence-electron chi connectivity index (χ4n) is 0.531. The lowest BCUT2D eigenvalue weighted by Crippen LogP contribution is -2.35. The normalized spacial score (nSPS) is 32.2. The van der Waals surface area contributed by atoms with Crippen LogP contribution in [-0.2, 0) is 9.63 Å². The highest BCUT2D eigenvalue weighted by molar-refractivity contribution is 5.86. The third kappa shape index (κ3) is 0.929. The Bertz CT molecular complexity index is 156. The van der Waals surface area contributed by atoms with Gasteiger partial charge in [0.25, 0.3) is 5.79 Å². The zero-order valence-electron chi connectivity index (χ0n) is 5.00. The van der Waals surface area contributed by atoms with Crippen molar-refractivity contribution in [3.63, 3.8) is 0 Å². The van der Waals surface area contributed by atoms with E-state index in [0.29, 0.717) is 0 Å². The van der Waals surface area contributed by atoms with Crippen LogP contribution >= 0.6 is 0 Å². The van der Waals surface area contributed by atoms with E-state index in [1.165, 1.54) is 13.1 Å². The van der Waals surface area contributed by atoms with Gasteiger partial charge in [-0.1, -0.05) is 5.16 Å². The average molecular weight is 129 g/mol. The molecule has 0 saturated heterocycles. The van der Waals surface area contributed by atoms with Gasteiger partial charge in [-0.05, 0) is 0 Å². The smallest absolute Gasteiger partial charge is 0.298 e. The van der Waals surface area contributed by atoms with Crippen molar-refractivity contribution in [2.75, 3.05) is 0 Å². The molecule has 1 aliphatic heterocycles. The Morgan fingerprint density at radius 2 is 2.67 bits per heavy atom. The van der Waals surface area contributed by atoms with Gasteiger partial charge in [-0.15, -0.1) is 0 Å². The summed E-state index contributed by atoms with van der Waals surface area (Å²) < 4.78 is 0. The van der Waals surface area contributed by atoms with Crippen LogP contribution in [0.4, 0.5) is 0 Å². The summed E-state index contributed by atoms with van der Waals surface area (Å²) in [6, 6.07) is 0. The van der Waals surface area contributed by atoms with Crippen LogP contribution in [0.1, 0.15) is 13.3 Å². The van der Waals surface area contributed by atoms with Gasteiger partial charge in [0.2, 0.25) is 5.78 Å². The van der Waals surface area contributed by atoms with Gasteiger partial charge in [0.15, 0.2) is 0 Å². The van der Waals surface area contributed by atoms with Gasteiger partial charge in [0, 0.05) is 6.92 Å². The predicted octanol–water partition coefficient (Wildman–Crippen LogP) is -0.330. The quantitative estimate of drug-likeness (QED) is 0.527. The average Bonchev–Trinajstić information content (AvgIpc) is 2.16.